The number of hydrogen-bond donors (Lipinski definition) is 0. The van der Waals surface area contributed by atoms with Crippen LogP contribution in [0, 0.1) is 0 Å². The highest BCUT2D eigenvalue weighted by atomic mass is 32.2. The molecule has 188 valence electrons. The van der Waals surface area contributed by atoms with Crippen LogP contribution in [0.5, 0.6) is 5.75 Å². The lowest BCUT2D eigenvalue weighted by molar-refractivity contribution is -0.140. The van der Waals surface area contributed by atoms with E-state index in [0.29, 0.717) is 44.7 Å². The van der Waals surface area contributed by atoms with Crippen molar-refractivity contribution in [2.45, 2.75) is 53.5 Å². The fourth-order valence-electron chi connectivity index (χ4n) is 3.87. The van der Waals surface area contributed by atoms with Crippen molar-refractivity contribution in [2.75, 3.05) is 24.7 Å². The molecule has 0 aliphatic carbocycles. The van der Waals surface area contributed by atoms with E-state index in [1.54, 1.807) is 18.7 Å². The number of carbonyl (C=O) groups is 3. The Morgan fingerprint density at radius 3 is 2.00 bits per heavy atom. The molecule has 35 heavy (non-hydrogen) atoms. The normalized spacial score (nSPS) is 16.9. The van der Waals surface area contributed by atoms with Crippen molar-refractivity contribution in [3.8, 4) is 5.75 Å². The summed E-state index contributed by atoms with van der Waals surface area (Å²) in [7, 11) is 0. The van der Waals surface area contributed by atoms with Crippen LogP contribution in [0.25, 0.3) is 5.57 Å². The molecular weight excluding hydrogens is 506 g/mol. The maximum Gasteiger partial charge on any atom is 0.346 e. The first kappa shape index (κ1) is 27.3. The molecule has 10 heteroatoms. The molecule has 0 radical (unpaired) electrons. The first-order valence-electron chi connectivity index (χ1n) is 11.5. The summed E-state index contributed by atoms with van der Waals surface area (Å²) >= 11 is 8.26. The molecular formula is C25H29NO6S3. The van der Waals surface area contributed by atoms with Crippen molar-refractivity contribution in [3.63, 3.8) is 0 Å². The molecule has 2 aliphatic rings. The quantitative estimate of drug-likeness (QED) is 0.256. The van der Waals surface area contributed by atoms with E-state index in [0.717, 1.165) is 23.5 Å². The maximum absolute atomic E-state index is 13.0. The van der Waals surface area contributed by atoms with Crippen molar-refractivity contribution in [2.24, 2.45) is 0 Å². The van der Waals surface area contributed by atoms with Crippen LogP contribution in [-0.2, 0) is 23.9 Å². The molecule has 3 rings (SSSR count). The first-order chi connectivity index (χ1) is 16.6. The minimum atomic E-state index is -0.817. The van der Waals surface area contributed by atoms with E-state index in [9.17, 15) is 14.4 Å². The number of amides is 1. The van der Waals surface area contributed by atoms with E-state index in [-0.39, 0.29) is 28.9 Å². The molecule has 0 saturated carbocycles. The summed E-state index contributed by atoms with van der Waals surface area (Å²) < 4.78 is 16.8. The number of fused-ring (bicyclic) bond motifs is 1. The average molecular weight is 536 g/mol. The van der Waals surface area contributed by atoms with Crippen LogP contribution in [0.3, 0.4) is 0 Å². The lowest BCUT2D eigenvalue weighted by Gasteiger charge is -2.45. The second-order valence-electron chi connectivity index (χ2n) is 8.05. The minimum absolute atomic E-state index is 0.0592. The minimum Gasteiger partial charge on any atom is -0.494 e. The highest BCUT2D eigenvalue weighted by molar-refractivity contribution is 8.29. The number of benzene rings is 1. The summed E-state index contributed by atoms with van der Waals surface area (Å²) in [6.45, 7) is 11.8. The Morgan fingerprint density at radius 2 is 1.51 bits per heavy atom. The van der Waals surface area contributed by atoms with Crippen LogP contribution in [0.2, 0.25) is 0 Å². The van der Waals surface area contributed by atoms with Crippen LogP contribution in [-0.4, -0.2) is 48.1 Å². The Morgan fingerprint density at radius 1 is 0.943 bits per heavy atom. The van der Waals surface area contributed by atoms with Crippen LogP contribution in [0.4, 0.5) is 5.69 Å². The number of thiocarbonyl (C=S) groups is 1. The van der Waals surface area contributed by atoms with Crippen LogP contribution >= 0.6 is 35.7 Å². The van der Waals surface area contributed by atoms with Crippen molar-refractivity contribution in [3.05, 3.63) is 37.8 Å². The summed E-state index contributed by atoms with van der Waals surface area (Å²) in [6, 6.07) is 5.53. The van der Waals surface area contributed by atoms with Gasteiger partial charge in [-0.05, 0) is 52.8 Å². The van der Waals surface area contributed by atoms with Gasteiger partial charge in [0.05, 0.1) is 40.1 Å². The van der Waals surface area contributed by atoms with Crippen molar-refractivity contribution >= 4 is 69.7 Å². The third-order valence-corrected chi connectivity index (χ3v) is 8.67. The zero-order chi connectivity index (χ0) is 25.9. The van der Waals surface area contributed by atoms with Gasteiger partial charge in [0.2, 0.25) is 5.91 Å². The van der Waals surface area contributed by atoms with Gasteiger partial charge in [-0.25, -0.2) is 9.59 Å². The smallest absolute Gasteiger partial charge is 0.346 e. The van der Waals surface area contributed by atoms with Gasteiger partial charge in [-0.15, -0.1) is 0 Å². The van der Waals surface area contributed by atoms with Gasteiger partial charge >= 0.3 is 11.9 Å². The number of thioether (sulfide) groups is 2. The number of anilines is 1. The number of nitrogens with zero attached hydrogens (tertiary/aromatic N) is 1. The summed E-state index contributed by atoms with van der Waals surface area (Å²) in [5.74, 6) is -0.601. The highest BCUT2D eigenvalue weighted by Crippen LogP contribution is 2.56. The number of esters is 2. The molecule has 1 aromatic rings. The third-order valence-electron chi connectivity index (χ3n) is 5.40. The third kappa shape index (κ3) is 5.15. The highest BCUT2D eigenvalue weighted by Gasteiger charge is 2.46. The molecule has 2 heterocycles. The van der Waals surface area contributed by atoms with Crippen LogP contribution in [0.15, 0.2) is 32.2 Å². The summed E-state index contributed by atoms with van der Waals surface area (Å²) in [5.41, 5.74) is 1.29. The Balaban J connectivity index is 2.24. The van der Waals surface area contributed by atoms with E-state index in [1.165, 1.54) is 0 Å². The van der Waals surface area contributed by atoms with Gasteiger partial charge in [0.15, 0.2) is 0 Å². The monoisotopic (exact) mass is 535 g/mol. The van der Waals surface area contributed by atoms with E-state index < -0.39 is 17.5 Å². The van der Waals surface area contributed by atoms with E-state index in [2.05, 4.69) is 0 Å². The van der Waals surface area contributed by atoms with E-state index in [1.807, 2.05) is 45.9 Å². The Bertz CT molecular complexity index is 1110. The van der Waals surface area contributed by atoms with Gasteiger partial charge < -0.3 is 19.1 Å². The fourth-order valence-corrected chi connectivity index (χ4v) is 6.85. The van der Waals surface area contributed by atoms with Crippen LogP contribution in [0.1, 0.15) is 53.5 Å². The van der Waals surface area contributed by atoms with Crippen LogP contribution < -0.4 is 9.64 Å². The molecule has 1 aromatic carbocycles. The number of ether oxygens (including phenoxy) is 3. The largest absolute Gasteiger partial charge is 0.494 e. The lowest BCUT2D eigenvalue weighted by atomic mass is 9.83. The lowest BCUT2D eigenvalue weighted by Crippen LogP contribution is -2.55. The standard InChI is InChI=1S/C25H29NO6S3/c1-7-17(27)26-16-12-11-14(30-8-2)13-15(16)18(21(33)25(26,5)6)24-34-19(22(28)31-9-3)20(35-24)23(29)32-10-4/h11-13H,7-10H2,1-6H3. The predicted octanol–water partition coefficient (Wildman–Crippen LogP) is 5.48. The van der Waals surface area contributed by atoms with Gasteiger partial charge in [-0.3, -0.25) is 4.79 Å². The predicted molar refractivity (Wildman–Crippen MR) is 144 cm³/mol. The fraction of sp³-hybridized carbons (Fsp3) is 0.440. The zero-order valence-electron chi connectivity index (χ0n) is 20.7. The van der Waals surface area contributed by atoms with Gasteiger partial charge in [-0.2, -0.15) is 0 Å². The van der Waals surface area contributed by atoms with Crippen molar-refractivity contribution in [1.82, 2.24) is 0 Å². The SMILES string of the molecule is CCOC(=O)C1=C(C(=O)OCC)SC(=C2C(=S)C(C)(C)N(C(=O)CC)c3ccc(OCC)cc32)S1. The zero-order valence-corrected chi connectivity index (χ0v) is 23.1. The van der Waals surface area contributed by atoms with Crippen molar-refractivity contribution in [1.29, 1.82) is 0 Å². The molecule has 0 spiro atoms. The Kier molecular flexibility index (Phi) is 8.72. The van der Waals surface area contributed by atoms with Crippen molar-refractivity contribution < 1.29 is 28.6 Å². The molecule has 0 fully saturated rings. The molecule has 0 atom stereocenters. The molecule has 0 aromatic heterocycles. The number of rotatable bonds is 7. The van der Waals surface area contributed by atoms with Gasteiger partial charge in [0.25, 0.3) is 0 Å². The Labute approximate surface area is 219 Å². The molecule has 0 unspecified atom stereocenters. The summed E-state index contributed by atoms with van der Waals surface area (Å²) in [4.78, 5) is 41.1. The molecule has 1 amide bonds. The Hall–Kier alpha value is -2.30. The molecule has 0 N–H and O–H groups in total. The number of hydrogen-bond acceptors (Lipinski definition) is 9. The molecule has 0 saturated heterocycles. The summed E-state index contributed by atoms with van der Waals surface area (Å²) in [5, 5.41) is 0. The van der Waals surface area contributed by atoms with Gasteiger partial charge in [-0.1, -0.05) is 42.7 Å². The average Bonchev–Trinajstić information content (AvgIpc) is 3.25. The first-order valence-corrected chi connectivity index (χ1v) is 13.5. The summed E-state index contributed by atoms with van der Waals surface area (Å²) in [6.07, 6.45) is 0.315. The molecule has 2 aliphatic heterocycles. The van der Waals surface area contributed by atoms with Gasteiger partial charge in [0.1, 0.15) is 15.6 Å². The maximum atomic E-state index is 13.0. The van der Waals surface area contributed by atoms with E-state index in [4.69, 9.17) is 26.4 Å². The second-order valence-corrected chi connectivity index (χ2v) is 10.8. The molecule has 0 bridgehead atoms. The van der Waals surface area contributed by atoms with E-state index >= 15 is 0 Å². The van der Waals surface area contributed by atoms with Gasteiger partial charge in [0, 0.05) is 17.6 Å². The number of carbonyl (C=O) groups excluding carboxylic acids is 3. The topological polar surface area (TPSA) is 82.1 Å². The second kappa shape index (κ2) is 11.2. The molecule has 7 nitrogen and oxygen atoms in total.